The monoisotopic (exact) mass is 485 g/mol. The van der Waals surface area contributed by atoms with Gasteiger partial charge in [0.1, 0.15) is 5.82 Å². The molecule has 0 amide bonds. The number of non-ortho nitro benzene ring substituents is 1. The number of benzene rings is 1. The van der Waals surface area contributed by atoms with Gasteiger partial charge in [-0.2, -0.15) is 4.98 Å². The molecule has 11 nitrogen and oxygen atoms in total. The topological polar surface area (TPSA) is 139 Å². The molecule has 2 aromatic heterocycles. The third-order valence-electron chi connectivity index (χ3n) is 6.12. The van der Waals surface area contributed by atoms with Crippen LogP contribution in [-0.2, 0) is 11.3 Å². The van der Waals surface area contributed by atoms with Gasteiger partial charge in [-0.15, -0.1) is 0 Å². The van der Waals surface area contributed by atoms with Crippen LogP contribution in [0.3, 0.4) is 0 Å². The summed E-state index contributed by atoms with van der Waals surface area (Å²) in [5, 5.41) is 28.2. The van der Waals surface area contributed by atoms with E-state index >= 15 is 0 Å². The lowest BCUT2D eigenvalue weighted by Gasteiger charge is -2.27. The zero-order chi connectivity index (χ0) is 23.5. The van der Waals surface area contributed by atoms with Gasteiger partial charge in [-0.05, 0) is 31.7 Å². The molecule has 3 heterocycles. The first kappa shape index (κ1) is 22.8. The molecule has 0 radical (unpaired) electrons. The smallest absolute Gasteiger partial charge is 0.270 e. The maximum atomic E-state index is 11.1. The number of aliphatic hydroxyl groups excluding tert-OH is 1. The number of morpholine rings is 1. The average molecular weight is 486 g/mol. The standard InChI is InChI=1S/C22H27N7O4S/c30-17-4-1-14(2-5-17)23-21-24-15(13-28-7-9-33-10-8-28)11-20(26-21)27-22-25-18-6-3-16(29(31)32)12-19(18)34-22/h3,6,11-12,14,17,30H,1-2,4-5,7-10,13H2,(H2,23,24,25,26,27). The molecule has 12 heteroatoms. The number of rotatable bonds is 7. The van der Waals surface area contributed by atoms with Gasteiger partial charge in [0.15, 0.2) is 5.13 Å². The molecule has 180 valence electrons. The van der Waals surface area contributed by atoms with E-state index in [9.17, 15) is 15.2 Å². The van der Waals surface area contributed by atoms with Crippen molar-refractivity contribution in [2.24, 2.45) is 0 Å². The summed E-state index contributed by atoms with van der Waals surface area (Å²) in [5.41, 5.74) is 1.62. The van der Waals surface area contributed by atoms with Gasteiger partial charge in [0.05, 0.1) is 40.2 Å². The molecule has 2 fully saturated rings. The number of hydrogen-bond acceptors (Lipinski definition) is 11. The highest BCUT2D eigenvalue weighted by molar-refractivity contribution is 7.22. The van der Waals surface area contributed by atoms with Crippen molar-refractivity contribution in [3.8, 4) is 0 Å². The van der Waals surface area contributed by atoms with Gasteiger partial charge in [0.2, 0.25) is 5.95 Å². The van der Waals surface area contributed by atoms with Crippen LogP contribution in [0.4, 0.5) is 22.6 Å². The third-order valence-corrected chi connectivity index (χ3v) is 7.05. The predicted molar refractivity (Wildman–Crippen MR) is 130 cm³/mol. The second-order valence-corrected chi connectivity index (χ2v) is 9.69. The highest BCUT2D eigenvalue weighted by atomic mass is 32.1. The Bertz CT molecular complexity index is 1160. The molecular formula is C22H27N7O4S. The summed E-state index contributed by atoms with van der Waals surface area (Å²) in [5.74, 6) is 1.16. The molecule has 1 aliphatic carbocycles. The summed E-state index contributed by atoms with van der Waals surface area (Å²) in [6, 6.07) is 6.79. The summed E-state index contributed by atoms with van der Waals surface area (Å²) in [6.45, 7) is 3.82. The van der Waals surface area contributed by atoms with Gasteiger partial charge >= 0.3 is 0 Å². The quantitative estimate of drug-likeness (QED) is 0.337. The fourth-order valence-corrected chi connectivity index (χ4v) is 5.19. The van der Waals surface area contributed by atoms with E-state index in [1.807, 2.05) is 6.07 Å². The van der Waals surface area contributed by atoms with Crippen LogP contribution in [0.25, 0.3) is 10.2 Å². The van der Waals surface area contributed by atoms with Gasteiger partial charge in [0.25, 0.3) is 5.69 Å². The molecule has 1 aromatic carbocycles. The normalized spacial score (nSPS) is 21.4. The lowest BCUT2D eigenvalue weighted by atomic mass is 9.93. The first-order valence-corrected chi connectivity index (χ1v) is 12.3. The number of ether oxygens (including phenoxy) is 1. The van der Waals surface area contributed by atoms with Crippen LogP contribution in [0, 0.1) is 10.1 Å². The summed E-state index contributed by atoms with van der Waals surface area (Å²) in [4.78, 5) is 27.0. The Hall–Kier alpha value is -2.93. The number of nitro groups is 1. The van der Waals surface area contributed by atoms with E-state index in [1.54, 1.807) is 6.07 Å². The molecule has 0 bridgehead atoms. The van der Waals surface area contributed by atoms with Crippen LogP contribution in [0.5, 0.6) is 0 Å². The average Bonchev–Trinajstić information content (AvgIpc) is 3.22. The van der Waals surface area contributed by atoms with Crippen LogP contribution < -0.4 is 10.6 Å². The van der Waals surface area contributed by atoms with Crippen molar-refractivity contribution in [2.45, 2.75) is 44.4 Å². The minimum atomic E-state index is -0.406. The number of nitro benzene ring substituents is 1. The zero-order valence-electron chi connectivity index (χ0n) is 18.6. The maximum Gasteiger partial charge on any atom is 0.270 e. The number of anilines is 3. The van der Waals surface area contributed by atoms with E-state index in [-0.39, 0.29) is 17.8 Å². The second-order valence-electron chi connectivity index (χ2n) is 8.66. The molecule has 0 atom stereocenters. The van der Waals surface area contributed by atoms with Crippen molar-refractivity contribution in [2.75, 3.05) is 36.9 Å². The number of thiazole rings is 1. The lowest BCUT2D eigenvalue weighted by Crippen LogP contribution is -2.36. The van der Waals surface area contributed by atoms with Crippen LogP contribution in [-0.4, -0.2) is 68.3 Å². The fraction of sp³-hybridized carbons (Fsp3) is 0.500. The SMILES string of the molecule is O=[N+]([O-])c1ccc2nc(Nc3cc(CN4CCOCC4)nc(NC4CCC(O)CC4)n3)sc2c1. The van der Waals surface area contributed by atoms with Crippen LogP contribution in [0.15, 0.2) is 24.3 Å². The minimum Gasteiger partial charge on any atom is -0.393 e. The maximum absolute atomic E-state index is 11.1. The molecule has 0 spiro atoms. The molecule has 2 aliphatic rings. The Morgan fingerprint density at radius 2 is 1.94 bits per heavy atom. The molecule has 3 N–H and O–H groups in total. The molecule has 1 saturated heterocycles. The summed E-state index contributed by atoms with van der Waals surface area (Å²) in [7, 11) is 0. The highest BCUT2D eigenvalue weighted by Gasteiger charge is 2.21. The van der Waals surface area contributed by atoms with E-state index in [0.29, 0.717) is 42.2 Å². The van der Waals surface area contributed by atoms with Crippen molar-refractivity contribution in [1.82, 2.24) is 19.9 Å². The van der Waals surface area contributed by atoms with Crippen molar-refractivity contribution in [3.05, 3.63) is 40.1 Å². The zero-order valence-corrected chi connectivity index (χ0v) is 19.5. The van der Waals surface area contributed by atoms with Gasteiger partial charge < -0.3 is 20.5 Å². The molecule has 1 aliphatic heterocycles. The Kier molecular flexibility index (Phi) is 6.81. The van der Waals surface area contributed by atoms with E-state index in [2.05, 4.69) is 25.5 Å². The number of nitrogens with one attached hydrogen (secondary N) is 2. The molecule has 0 unspecified atom stereocenters. The van der Waals surface area contributed by atoms with E-state index in [1.165, 1.54) is 23.5 Å². The highest BCUT2D eigenvalue weighted by Crippen LogP contribution is 2.31. The fourth-order valence-electron chi connectivity index (χ4n) is 4.29. The Morgan fingerprint density at radius 1 is 1.15 bits per heavy atom. The number of aromatic nitrogens is 3. The summed E-state index contributed by atoms with van der Waals surface area (Å²) >= 11 is 1.34. The number of fused-ring (bicyclic) bond motifs is 1. The summed E-state index contributed by atoms with van der Waals surface area (Å²) in [6.07, 6.45) is 3.07. The molecule has 3 aromatic rings. The van der Waals surface area contributed by atoms with Crippen LogP contribution in [0.2, 0.25) is 0 Å². The second kappa shape index (κ2) is 10.1. The molecule has 5 rings (SSSR count). The van der Waals surface area contributed by atoms with Gasteiger partial charge in [-0.25, -0.2) is 9.97 Å². The number of nitrogens with zero attached hydrogens (tertiary/aromatic N) is 5. The third kappa shape index (κ3) is 5.58. The first-order valence-electron chi connectivity index (χ1n) is 11.5. The number of hydrogen-bond donors (Lipinski definition) is 3. The van der Waals surface area contributed by atoms with E-state index < -0.39 is 4.92 Å². The minimum absolute atomic E-state index is 0.0432. The van der Waals surface area contributed by atoms with Crippen molar-refractivity contribution in [1.29, 1.82) is 0 Å². The Balaban J connectivity index is 1.38. The molecule has 34 heavy (non-hydrogen) atoms. The van der Waals surface area contributed by atoms with Gasteiger partial charge in [-0.1, -0.05) is 11.3 Å². The Morgan fingerprint density at radius 3 is 2.71 bits per heavy atom. The first-order chi connectivity index (χ1) is 16.5. The number of aliphatic hydroxyl groups is 1. The van der Waals surface area contributed by atoms with Crippen molar-refractivity contribution < 1.29 is 14.8 Å². The van der Waals surface area contributed by atoms with Crippen molar-refractivity contribution >= 4 is 44.1 Å². The van der Waals surface area contributed by atoms with E-state index in [4.69, 9.17) is 9.72 Å². The van der Waals surface area contributed by atoms with Crippen LogP contribution in [0.1, 0.15) is 31.4 Å². The predicted octanol–water partition coefficient (Wildman–Crippen LogP) is 3.29. The van der Waals surface area contributed by atoms with Crippen molar-refractivity contribution in [3.63, 3.8) is 0 Å². The van der Waals surface area contributed by atoms with Crippen LogP contribution >= 0.6 is 11.3 Å². The van der Waals surface area contributed by atoms with Gasteiger partial charge in [-0.3, -0.25) is 15.0 Å². The lowest BCUT2D eigenvalue weighted by molar-refractivity contribution is -0.384. The van der Waals surface area contributed by atoms with E-state index in [0.717, 1.165) is 49.2 Å². The Labute approximate surface area is 200 Å². The largest absolute Gasteiger partial charge is 0.393 e. The summed E-state index contributed by atoms with van der Waals surface area (Å²) < 4.78 is 6.19. The molecular weight excluding hydrogens is 458 g/mol. The van der Waals surface area contributed by atoms with Gasteiger partial charge in [0, 0.05) is 43.9 Å². The molecule has 1 saturated carbocycles.